The molecule has 0 fully saturated rings. The van der Waals surface area contributed by atoms with Crippen LogP contribution in [0.4, 0.5) is 0 Å². The Hall–Kier alpha value is -1.42. The lowest BCUT2D eigenvalue weighted by Crippen LogP contribution is -2.22. The van der Waals surface area contributed by atoms with Crippen LogP contribution in [0.1, 0.15) is 25.8 Å². The summed E-state index contributed by atoms with van der Waals surface area (Å²) in [6.07, 6.45) is 0.874. The summed E-state index contributed by atoms with van der Waals surface area (Å²) in [4.78, 5) is 0. The number of nitrogens with two attached hydrogens (primary N) is 1. The molecular formula is C14H23NO3. The van der Waals surface area contributed by atoms with E-state index in [-0.39, 0.29) is 5.41 Å². The van der Waals surface area contributed by atoms with Crippen LogP contribution in [0.2, 0.25) is 0 Å². The maximum Gasteiger partial charge on any atom is 0.164 e. The average molecular weight is 253 g/mol. The Labute approximate surface area is 109 Å². The second kappa shape index (κ2) is 5.96. The van der Waals surface area contributed by atoms with Crippen LogP contribution in [0.15, 0.2) is 12.1 Å². The number of rotatable bonds is 6. The van der Waals surface area contributed by atoms with Gasteiger partial charge in [0.15, 0.2) is 11.5 Å². The van der Waals surface area contributed by atoms with E-state index >= 15 is 0 Å². The van der Waals surface area contributed by atoms with E-state index in [1.165, 1.54) is 0 Å². The first-order chi connectivity index (χ1) is 8.50. The molecule has 1 rings (SSSR count). The maximum absolute atomic E-state index is 5.67. The molecule has 1 aromatic carbocycles. The van der Waals surface area contributed by atoms with E-state index in [1.54, 1.807) is 21.3 Å². The minimum absolute atomic E-state index is 0.0698. The molecule has 0 bridgehead atoms. The van der Waals surface area contributed by atoms with Crippen LogP contribution in [-0.4, -0.2) is 27.9 Å². The molecule has 0 unspecified atom stereocenters. The fraction of sp³-hybridized carbons (Fsp3) is 0.571. The highest BCUT2D eigenvalue weighted by molar-refractivity contribution is 5.53. The highest BCUT2D eigenvalue weighted by Gasteiger charge is 2.26. The quantitative estimate of drug-likeness (QED) is 0.845. The predicted octanol–water partition coefficient (Wildman–Crippen LogP) is 2.34. The molecule has 0 spiro atoms. The standard InChI is InChI=1S/C14H23NO3/c1-14(2,6-7-15)10-8-12(17-4)13(18-5)9-11(10)16-3/h8-9H,6-7,15H2,1-5H3. The molecule has 4 heteroatoms. The van der Waals surface area contributed by atoms with E-state index in [9.17, 15) is 0 Å². The predicted molar refractivity (Wildman–Crippen MR) is 72.8 cm³/mol. The molecular weight excluding hydrogens is 230 g/mol. The molecule has 0 heterocycles. The summed E-state index contributed by atoms with van der Waals surface area (Å²) in [5, 5.41) is 0. The summed E-state index contributed by atoms with van der Waals surface area (Å²) in [6, 6.07) is 3.82. The summed E-state index contributed by atoms with van der Waals surface area (Å²) in [5.41, 5.74) is 6.68. The number of ether oxygens (including phenoxy) is 3. The van der Waals surface area contributed by atoms with Crippen LogP contribution in [0.3, 0.4) is 0 Å². The van der Waals surface area contributed by atoms with Crippen molar-refractivity contribution in [3.8, 4) is 17.2 Å². The monoisotopic (exact) mass is 253 g/mol. The van der Waals surface area contributed by atoms with Gasteiger partial charge in [-0.1, -0.05) is 13.8 Å². The van der Waals surface area contributed by atoms with Gasteiger partial charge in [-0.05, 0) is 24.4 Å². The first-order valence-electron chi connectivity index (χ1n) is 6.00. The second-order valence-electron chi connectivity index (χ2n) is 4.83. The maximum atomic E-state index is 5.67. The van der Waals surface area contributed by atoms with E-state index < -0.39 is 0 Å². The minimum Gasteiger partial charge on any atom is -0.496 e. The highest BCUT2D eigenvalue weighted by atomic mass is 16.5. The molecule has 0 saturated heterocycles. The van der Waals surface area contributed by atoms with E-state index in [0.717, 1.165) is 17.7 Å². The molecule has 4 nitrogen and oxygen atoms in total. The normalized spacial score (nSPS) is 11.2. The van der Waals surface area contributed by atoms with Gasteiger partial charge in [0.1, 0.15) is 5.75 Å². The third kappa shape index (κ3) is 2.88. The van der Waals surface area contributed by atoms with Gasteiger partial charge in [-0.25, -0.2) is 0 Å². The summed E-state index contributed by atoms with van der Waals surface area (Å²) in [5.74, 6) is 2.17. The van der Waals surface area contributed by atoms with E-state index in [4.69, 9.17) is 19.9 Å². The van der Waals surface area contributed by atoms with Crippen molar-refractivity contribution in [2.75, 3.05) is 27.9 Å². The molecule has 102 valence electrons. The van der Waals surface area contributed by atoms with Crippen molar-refractivity contribution in [1.82, 2.24) is 0 Å². The number of benzene rings is 1. The van der Waals surface area contributed by atoms with Gasteiger partial charge >= 0.3 is 0 Å². The van der Waals surface area contributed by atoms with Crippen molar-refractivity contribution < 1.29 is 14.2 Å². The molecule has 0 atom stereocenters. The van der Waals surface area contributed by atoms with Gasteiger partial charge in [0.2, 0.25) is 0 Å². The van der Waals surface area contributed by atoms with Crippen molar-refractivity contribution >= 4 is 0 Å². The zero-order valence-electron chi connectivity index (χ0n) is 11.9. The Morgan fingerprint density at radius 2 is 1.44 bits per heavy atom. The molecule has 0 radical (unpaired) electrons. The van der Waals surface area contributed by atoms with Crippen LogP contribution in [0, 0.1) is 0 Å². The first-order valence-corrected chi connectivity index (χ1v) is 6.00. The zero-order chi connectivity index (χ0) is 13.8. The van der Waals surface area contributed by atoms with Crippen molar-refractivity contribution in [2.45, 2.75) is 25.7 Å². The first kappa shape index (κ1) is 14.6. The molecule has 0 amide bonds. The number of methoxy groups -OCH3 is 3. The lowest BCUT2D eigenvalue weighted by molar-refractivity contribution is 0.341. The van der Waals surface area contributed by atoms with Gasteiger partial charge in [0, 0.05) is 11.6 Å². The molecule has 0 aliphatic rings. The van der Waals surface area contributed by atoms with Crippen LogP contribution in [0.25, 0.3) is 0 Å². The smallest absolute Gasteiger partial charge is 0.164 e. The van der Waals surface area contributed by atoms with Gasteiger partial charge in [-0.15, -0.1) is 0 Å². The Morgan fingerprint density at radius 1 is 0.944 bits per heavy atom. The zero-order valence-corrected chi connectivity index (χ0v) is 11.9. The SMILES string of the molecule is COc1cc(OC)c(C(C)(C)CCN)cc1OC. The van der Waals surface area contributed by atoms with Gasteiger partial charge in [-0.2, -0.15) is 0 Å². The van der Waals surface area contributed by atoms with Gasteiger partial charge < -0.3 is 19.9 Å². The third-order valence-corrected chi connectivity index (χ3v) is 3.20. The third-order valence-electron chi connectivity index (χ3n) is 3.20. The van der Waals surface area contributed by atoms with Crippen LogP contribution in [-0.2, 0) is 5.41 Å². The fourth-order valence-corrected chi connectivity index (χ4v) is 2.05. The van der Waals surface area contributed by atoms with E-state index in [0.29, 0.717) is 18.0 Å². The number of hydrogen-bond donors (Lipinski definition) is 1. The van der Waals surface area contributed by atoms with Gasteiger partial charge in [0.25, 0.3) is 0 Å². The van der Waals surface area contributed by atoms with Crippen molar-refractivity contribution in [2.24, 2.45) is 5.73 Å². The lowest BCUT2D eigenvalue weighted by atomic mass is 9.81. The van der Waals surface area contributed by atoms with Crippen LogP contribution in [0.5, 0.6) is 17.2 Å². The van der Waals surface area contributed by atoms with Crippen molar-refractivity contribution in [3.63, 3.8) is 0 Å². The van der Waals surface area contributed by atoms with Crippen molar-refractivity contribution in [1.29, 1.82) is 0 Å². The van der Waals surface area contributed by atoms with E-state index in [1.807, 2.05) is 12.1 Å². The Kier molecular flexibility index (Phi) is 4.84. The highest BCUT2D eigenvalue weighted by Crippen LogP contribution is 2.41. The van der Waals surface area contributed by atoms with Gasteiger partial charge in [0.05, 0.1) is 21.3 Å². The Morgan fingerprint density at radius 3 is 1.89 bits per heavy atom. The topological polar surface area (TPSA) is 53.7 Å². The molecule has 2 N–H and O–H groups in total. The molecule has 0 aliphatic heterocycles. The summed E-state index contributed by atoms with van der Waals surface area (Å²) in [7, 11) is 4.90. The molecule has 0 aromatic heterocycles. The fourth-order valence-electron chi connectivity index (χ4n) is 2.05. The summed E-state index contributed by atoms with van der Waals surface area (Å²) < 4.78 is 16.1. The van der Waals surface area contributed by atoms with E-state index in [2.05, 4.69) is 13.8 Å². The molecule has 1 aromatic rings. The van der Waals surface area contributed by atoms with Crippen LogP contribution < -0.4 is 19.9 Å². The minimum atomic E-state index is -0.0698. The largest absolute Gasteiger partial charge is 0.496 e. The second-order valence-corrected chi connectivity index (χ2v) is 4.83. The van der Waals surface area contributed by atoms with Crippen LogP contribution >= 0.6 is 0 Å². The molecule has 18 heavy (non-hydrogen) atoms. The molecule has 0 saturated carbocycles. The Bertz CT molecular complexity index is 402. The molecule has 0 aliphatic carbocycles. The number of hydrogen-bond acceptors (Lipinski definition) is 4. The van der Waals surface area contributed by atoms with Gasteiger partial charge in [-0.3, -0.25) is 0 Å². The Balaban J connectivity index is 3.33. The summed E-state index contributed by atoms with van der Waals surface area (Å²) >= 11 is 0. The summed E-state index contributed by atoms with van der Waals surface area (Å²) in [6.45, 7) is 4.91. The lowest BCUT2D eigenvalue weighted by Gasteiger charge is -2.27. The average Bonchev–Trinajstić information content (AvgIpc) is 2.36. The van der Waals surface area contributed by atoms with Crippen molar-refractivity contribution in [3.05, 3.63) is 17.7 Å².